The summed E-state index contributed by atoms with van der Waals surface area (Å²) in [5.74, 6) is 0.153. The summed E-state index contributed by atoms with van der Waals surface area (Å²) in [6, 6.07) is 19.8. The van der Waals surface area contributed by atoms with Gasteiger partial charge in [-0.1, -0.05) is 30.3 Å². The van der Waals surface area contributed by atoms with Gasteiger partial charge in [0, 0.05) is 5.69 Å². The van der Waals surface area contributed by atoms with Gasteiger partial charge in [0.2, 0.25) is 5.91 Å². The van der Waals surface area contributed by atoms with Crippen LogP contribution in [0.15, 0.2) is 77.4 Å². The fraction of sp³-hybridized carbons (Fsp3) is 0.182. The van der Waals surface area contributed by atoms with Crippen LogP contribution < -0.4 is 10.6 Å². The van der Waals surface area contributed by atoms with Crippen molar-refractivity contribution >= 4 is 17.6 Å². The Hall–Kier alpha value is -3.38. The number of esters is 1. The fourth-order valence-electron chi connectivity index (χ4n) is 2.79. The number of ether oxygens (including phenoxy) is 1. The van der Waals surface area contributed by atoms with Crippen LogP contribution in [-0.2, 0) is 9.53 Å². The second kappa shape index (κ2) is 9.53. The molecule has 0 aliphatic heterocycles. The Bertz CT molecular complexity index is 890. The molecule has 0 spiro atoms. The highest BCUT2D eigenvalue weighted by molar-refractivity contribution is 5.94. The number of rotatable bonds is 8. The zero-order valence-corrected chi connectivity index (χ0v) is 15.6. The molecule has 6 heteroatoms. The third-order valence-corrected chi connectivity index (χ3v) is 4.11. The Morgan fingerprint density at radius 2 is 1.75 bits per heavy atom. The molecule has 0 unspecified atom stereocenters. The molecule has 1 aromatic heterocycles. The van der Waals surface area contributed by atoms with Gasteiger partial charge in [-0.3, -0.25) is 10.1 Å². The van der Waals surface area contributed by atoms with E-state index >= 15 is 0 Å². The molecule has 1 amide bonds. The predicted molar refractivity (Wildman–Crippen MR) is 106 cm³/mol. The van der Waals surface area contributed by atoms with Gasteiger partial charge in [0.25, 0.3) is 0 Å². The van der Waals surface area contributed by atoms with Crippen LogP contribution in [0.5, 0.6) is 0 Å². The maximum Gasteiger partial charge on any atom is 0.338 e. The van der Waals surface area contributed by atoms with Crippen LogP contribution >= 0.6 is 0 Å². The zero-order chi connectivity index (χ0) is 19.8. The Balaban J connectivity index is 1.60. The number of carbonyl (C=O) groups excluding carboxylic acids is 2. The first-order valence-electron chi connectivity index (χ1n) is 9.06. The second-order valence-corrected chi connectivity index (χ2v) is 6.09. The summed E-state index contributed by atoms with van der Waals surface area (Å²) in [4.78, 5) is 24.0. The van der Waals surface area contributed by atoms with Crippen LogP contribution in [0.25, 0.3) is 0 Å². The van der Waals surface area contributed by atoms with E-state index < -0.39 is 0 Å². The van der Waals surface area contributed by atoms with Gasteiger partial charge in [0.05, 0.1) is 31.0 Å². The lowest BCUT2D eigenvalue weighted by Crippen LogP contribution is -2.31. The number of hydrogen-bond acceptors (Lipinski definition) is 5. The smallest absolute Gasteiger partial charge is 0.338 e. The SMILES string of the molecule is CCOC(=O)c1ccc(NC(=O)CN[C@H](c2ccccc2)c2ccco2)cc1. The predicted octanol–water partition coefficient (Wildman–Crippen LogP) is 3.77. The van der Waals surface area contributed by atoms with E-state index in [2.05, 4.69) is 10.6 Å². The van der Waals surface area contributed by atoms with Gasteiger partial charge in [-0.25, -0.2) is 4.79 Å². The Labute approximate surface area is 163 Å². The molecule has 0 saturated carbocycles. The monoisotopic (exact) mass is 378 g/mol. The molecular weight excluding hydrogens is 356 g/mol. The van der Waals surface area contributed by atoms with Crippen molar-refractivity contribution in [2.45, 2.75) is 13.0 Å². The van der Waals surface area contributed by atoms with E-state index in [0.717, 1.165) is 11.3 Å². The molecule has 0 aliphatic carbocycles. The molecule has 0 saturated heterocycles. The van der Waals surface area contributed by atoms with Crippen molar-refractivity contribution in [3.8, 4) is 0 Å². The molecule has 1 heterocycles. The van der Waals surface area contributed by atoms with E-state index in [0.29, 0.717) is 17.9 Å². The highest BCUT2D eigenvalue weighted by Crippen LogP contribution is 2.22. The molecule has 0 fully saturated rings. The van der Waals surface area contributed by atoms with Gasteiger partial charge >= 0.3 is 5.97 Å². The molecule has 1 atom stereocenters. The quantitative estimate of drug-likeness (QED) is 0.583. The second-order valence-electron chi connectivity index (χ2n) is 6.09. The Kier molecular flexibility index (Phi) is 6.59. The number of benzene rings is 2. The minimum atomic E-state index is -0.383. The number of amides is 1. The highest BCUT2D eigenvalue weighted by atomic mass is 16.5. The van der Waals surface area contributed by atoms with Crippen molar-refractivity contribution in [2.24, 2.45) is 0 Å². The summed E-state index contributed by atoms with van der Waals surface area (Å²) in [5, 5.41) is 6.03. The van der Waals surface area contributed by atoms with Gasteiger partial charge in [-0.2, -0.15) is 0 Å². The molecule has 0 radical (unpaired) electrons. The topological polar surface area (TPSA) is 80.6 Å². The van der Waals surface area contributed by atoms with Crippen molar-refractivity contribution in [1.82, 2.24) is 5.32 Å². The molecule has 2 aromatic carbocycles. The summed E-state index contributed by atoms with van der Waals surface area (Å²) in [5.41, 5.74) is 2.05. The van der Waals surface area contributed by atoms with Gasteiger partial charge in [0.1, 0.15) is 5.76 Å². The third-order valence-electron chi connectivity index (χ3n) is 4.11. The number of furan rings is 1. The first-order valence-corrected chi connectivity index (χ1v) is 9.06. The van der Waals surface area contributed by atoms with E-state index in [1.165, 1.54) is 0 Å². The third kappa shape index (κ3) is 5.08. The molecule has 144 valence electrons. The first kappa shape index (κ1) is 19.4. The average molecular weight is 378 g/mol. The van der Waals surface area contributed by atoms with Crippen LogP contribution in [0.2, 0.25) is 0 Å². The molecule has 6 nitrogen and oxygen atoms in total. The molecule has 0 bridgehead atoms. The van der Waals surface area contributed by atoms with Gasteiger partial charge < -0.3 is 14.5 Å². The van der Waals surface area contributed by atoms with Crippen LogP contribution in [0, 0.1) is 0 Å². The number of hydrogen-bond donors (Lipinski definition) is 2. The normalized spacial score (nSPS) is 11.6. The summed E-state index contributed by atoms with van der Waals surface area (Å²) >= 11 is 0. The first-order chi connectivity index (χ1) is 13.7. The largest absolute Gasteiger partial charge is 0.467 e. The van der Waals surface area contributed by atoms with Crippen LogP contribution in [0.3, 0.4) is 0 Å². The molecule has 0 aliphatic rings. The van der Waals surface area contributed by atoms with E-state index in [-0.39, 0.29) is 24.5 Å². The lowest BCUT2D eigenvalue weighted by atomic mass is 10.0. The lowest BCUT2D eigenvalue weighted by molar-refractivity contribution is -0.115. The summed E-state index contributed by atoms with van der Waals surface area (Å²) in [7, 11) is 0. The molecule has 28 heavy (non-hydrogen) atoms. The van der Waals surface area contributed by atoms with Crippen LogP contribution in [0.4, 0.5) is 5.69 Å². The van der Waals surface area contributed by atoms with Crippen LogP contribution in [-0.4, -0.2) is 25.0 Å². The zero-order valence-electron chi connectivity index (χ0n) is 15.6. The van der Waals surface area contributed by atoms with Gasteiger partial charge in [0.15, 0.2) is 0 Å². The van der Waals surface area contributed by atoms with E-state index in [9.17, 15) is 9.59 Å². The van der Waals surface area contributed by atoms with Crippen molar-refractivity contribution in [3.05, 3.63) is 89.9 Å². The standard InChI is InChI=1S/C22H22N2O4/c1-2-27-22(26)17-10-12-18(13-11-17)24-20(25)15-23-21(19-9-6-14-28-19)16-7-4-3-5-8-16/h3-14,21,23H,2,15H2,1H3,(H,24,25)/t21-/m1/s1. The van der Waals surface area contributed by atoms with Crippen LogP contribution in [0.1, 0.15) is 34.6 Å². The number of carbonyl (C=O) groups is 2. The minimum absolute atomic E-state index is 0.0971. The molecule has 3 rings (SSSR count). The number of anilines is 1. The summed E-state index contributed by atoms with van der Waals surface area (Å²) in [6.45, 7) is 2.17. The summed E-state index contributed by atoms with van der Waals surface area (Å²) in [6.07, 6.45) is 1.61. The molecule has 3 aromatic rings. The maximum absolute atomic E-state index is 12.3. The van der Waals surface area contributed by atoms with E-state index in [1.54, 1.807) is 37.5 Å². The summed E-state index contributed by atoms with van der Waals surface area (Å²) < 4.78 is 10.5. The van der Waals surface area contributed by atoms with Gasteiger partial charge in [-0.05, 0) is 48.9 Å². The van der Waals surface area contributed by atoms with Crippen molar-refractivity contribution in [3.63, 3.8) is 0 Å². The van der Waals surface area contributed by atoms with Crippen molar-refractivity contribution in [1.29, 1.82) is 0 Å². The van der Waals surface area contributed by atoms with Crippen molar-refractivity contribution in [2.75, 3.05) is 18.5 Å². The Morgan fingerprint density at radius 3 is 2.39 bits per heavy atom. The molecule has 2 N–H and O–H groups in total. The number of nitrogens with one attached hydrogen (secondary N) is 2. The van der Waals surface area contributed by atoms with Gasteiger partial charge in [-0.15, -0.1) is 0 Å². The van der Waals surface area contributed by atoms with E-state index in [4.69, 9.17) is 9.15 Å². The lowest BCUT2D eigenvalue weighted by Gasteiger charge is -2.17. The Morgan fingerprint density at radius 1 is 1.00 bits per heavy atom. The van der Waals surface area contributed by atoms with E-state index in [1.807, 2.05) is 42.5 Å². The minimum Gasteiger partial charge on any atom is -0.467 e. The fourth-order valence-corrected chi connectivity index (χ4v) is 2.79. The molecular formula is C22H22N2O4. The average Bonchev–Trinajstić information content (AvgIpc) is 3.24. The highest BCUT2D eigenvalue weighted by Gasteiger charge is 2.17. The van der Waals surface area contributed by atoms with Crippen molar-refractivity contribution < 1.29 is 18.7 Å². The maximum atomic E-state index is 12.3.